The van der Waals surface area contributed by atoms with Gasteiger partial charge in [0.2, 0.25) is 11.8 Å². The van der Waals surface area contributed by atoms with Crippen LogP contribution in [-0.4, -0.2) is 49.3 Å². The van der Waals surface area contributed by atoms with Crippen LogP contribution in [0.5, 0.6) is 0 Å². The van der Waals surface area contributed by atoms with Crippen LogP contribution >= 0.6 is 27.5 Å². The zero-order valence-electron chi connectivity index (χ0n) is 17.8. The molecule has 5 rings (SSSR count). The molecule has 0 unspecified atom stereocenters. The van der Waals surface area contributed by atoms with Crippen LogP contribution in [0.1, 0.15) is 36.7 Å². The van der Waals surface area contributed by atoms with Crippen molar-refractivity contribution >= 4 is 61.8 Å². The number of halogens is 2. The Labute approximate surface area is 203 Å². The van der Waals surface area contributed by atoms with E-state index in [9.17, 15) is 14.4 Å². The van der Waals surface area contributed by atoms with Gasteiger partial charge in [0.15, 0.2) is 5.78 Å². The fraction of sp³-hybridized carbons (Fsp3) is 0.348. The number of anilines is 1. The van der Waals surface area contributed by atoms with Crippen molar-refractivity contribution in [3.05, 3.63) is 51.7 Å². The average Bonchev–Trinajstić information content (AvgIpc) is 3.46. The molecule has 2 bridgehead atoms. The molecule has 2 aromatic heterocycles. The van der Waals surface area contributed by atoms with Gasteiger partial charge >= 0.3 is 0 Å². The lowest BCUT2D eigenvalue weighted by Crippen LogP contribution is -2.52. The summed E-state index contributed by atoms with van der Waals surface area (Å²) < 4.78 is 2.38. The first kappa shape index (κ1) is 22.0. The van der Waals surface area contributed by atoms with Crippen molar-refractivity contribution in [3.63, 3.8) is 0 Å². The number of nitrogens with zero attached hydrogens (tertiary/aromatic N) is 4. The van der Waals surface area contributed by atoms with Crippen LogP contribution in [0.2, 0.25) is 5.15 Å². The third kappa shape index (κ3) is 4.04. The van der Waals surface area contributed by atoms with Crippen LogP contribution in [0.4, 0.5) is 5.82 Å². The van der Waals surface area contributed by atoms with E-state index >= 15 is 0 Å². The molecule has 1 aromatic carbocycles. The summed E-state index contributed by atoms with van der Waals surface area (Å²) in [6, 6.07) is 9.97. The first-order valence-corrected chi connectivity index (χ1v) is 11.9. The number of carbonyl (C=O) groups is 3. The molecule has 3 heterocycles. The molecule has 8 nitrogen and oxygen atoms in total. The molecule has 0 spiro atoms. The number of Topliss-reactive ketones (excluding diaryl/α,β-unsaturated/α-hetero) is 1. The Morgan fingerprint density at radius 1 is 1.21 bits per heavy atom. The molecular weight excluding hydrogens is 510 g/mol. The van der Waals surface area contributed by atoms with Crippen molar-refractivity contribution in [2.24, 2.45) is 5.92 Å². The second kappa shape index (κ2) is 8.53. The summed E-state index contributed by atoms with van der Waals surface area (Å²) >= 11 is 9.36. The van der Waals surface area contributed by atoms with E-state index in [2.05, 4.69) is 31.3 Å². The molecule has 0 radical (unpaired) electrons. The standard InChI is InChI=1S/C23H21BrClN5O3/c1-12(31)21-16-10-14(24)6-8-17(16)29(28-21)11-20(32)30-15-7-5-13(9-15)22(30)23(33)27-19-4-2-3-18(25)26-19/h2-4,6,8,10,13,15,22H,5,7,9,11H2,1H3,(H,26,27,33)/t13-,15+,22-/m0/s1. The largest absolute Gasteiger partial charge is 0.326 e. The minimum atomic E-state index is -0.569. The average molecular weight is 531 g/mol. The molecule has 3 aromatic rings. The van der Waals surface area contributed by atoms with E-state index in [1.165, 1.54) is 6.92 Å². The van der Waals surface area contributed by atoms with Crippen molar-refractivity contribution < 1.29 is 14.4 Å². The lowest BCUT2D eigenvalue weighted by molar-refractivity contribution is -0.141. The molecule has 3 atom stereocenters. The lowest BCUT2D eigenvalue weighted by Gasteiger charge is -2.34. The topological polar surface area (TPSA) is 97.2 Å². The van der Waals surface area contributed by atoms with Crippen molar-refractivity contribution in [2.45, 2.75) is 44.8 Å². The summed E-state index contributed by atoms with van der Waals surface area (Å²) in [6.07, 6.45) is 2.59. The highest BCUT2D eigenvalue weighted by Crippen LogP contribution is 2.43. The number of carbonyl (C=O) groups excluding carboxylic acids is 3. The van der Waals surface area contributed by atoms with Gasteiger partial charge < -0.3 is 10.2 Å². The van der Waals surface area contributed by atoms with E-state index in [-0.39, 0.29) is 41.3 Å². The Balaban J connectivity index is 1.42. The Morgan fingerprint density at radius 3 is 2.79 bits per heavy atom. The molecule has 33 heavy (non-hydrogen) atoms. The number of nitrogens with one attached hydrogen (secondary N) is 1. The van der Waals surface area contributed by atoms with E-state index < -0.39 is 6.04 Å². The lowest BCUT2D eigenvalue weighted by atomic mass is 9.97. The summed E-state index contributed by atoms with van der Waals surface area (Å²) in [6.45, 7) is 1.41. The molecule has 1 saturated heterocycles. The predicted octanol–water partition coefficient (Wildman–Crippen LogP) is 4.07. The van der Waals surface area contributed by atoms with Gasteiger partial charge in [0.25, 0.3) is 0 Å². The van der Waals surface area contributed by atoms with Crippen molar-refractivity contribution in [1.29, 1.82) is 0 Å². The smallest absolute Gasteiger partial charge is 0.248 e. The van der Waals surface area contributed by atoms with Crippen LogP contribution in [0, 0.1) is 5.92 Å². The fourth-order valence-electron chi connectivity index (χ4n) is 5.10. The van der Waals surface area contributed by atoms with Crippen molar-refractivity contribution in [1.82, 2.24) is 19.7 Å². The molecule has 1 saturated carbocycles. The number of hydrogen-bond acceptors (Lipinski definition) is 5. The van der Waals surface area contributed by atoms with Gasteiger partial charge in [-0.3, -0.25) is 19.1 Å². The maximum absolute atomic E-state index is 13.5. The number of pyridine rings is 1. The molecule has 2 aliphatic rings. The number of amides is 2. The quantitative estimate of drug-likeness (QED) is 0.396. The van der Waals surface area contributed by atoms with Crippen molar-refractivity contribution in [2.75, 3.05) is 5.32 Å². The van der Waals surface area contributed by atoms with E-state index in [0.717, 1.165) is 23.7 Å². The zero-order chi connectivity index (χ0) is 23.3. The van der Waals surface area contributed by atoms with E-state index in [1.54, 1.807) is 27.8 Å². The number of aromatic nitrogens is 3. The summed E-state index contributed by atoms with van der Waals surface area (Å²) in [5, 5.41) is 8.21. The third-order valence-corrected chi connectivity index (χ3v) is 7.14. The van der Waals surface area contributed by atoms with Crippen LogP contribution in [-0.2, 0) is 16.1 Å². The minimum Gasteiger partial charge on any atom is -0.326 e. The maximum atomic E-state index is 13.5. The molecule has 10 heteroatoms. The highest BCUT2D eigenvalue weighted by atomic mass is 79.9. The van der Waals surface area contributed by atoms with E-state index in [1.807, 2.05) is 18.2 Å². The first-order chi connectivity index (χ1) is 15.8. The molecule has 1 N–H and O–H groups in total. The van der Waals surface area contributed by atoms with Gasteiger partial charge in [0, 0.05) is 22.8 Å². The molecule has 1 aliphatic heterocycles. The van der Waals surface area contributed by atoms with Gasteiger partial charge in [0.1, 0.15) is 29.3 Å². The SMILES string of the molecule is CC(=O)c1nn(CC(=O)N2[C@@H]3CC[C@@H](C3)[C@H]2C(=O)Nc2cccc(Cl)n2)c2ccc(Br)cc12. The number of piperidine rings is 1. The molecule has 1 aliphatic carbocycles. The Morgan fingerprint density at radius 2 is 2.03 bits per heavy atom. The first-order valence-electron chi connectivity index (χ1n) is 10.7. The normalized spacial score (nSPS) is 21.5. The number of hydrogen-bond donors (Lipinski definition) is 1. The van der Waals surface area contributed by atoms with E-state index in [0.29, 0.717) is 22.4 Å². The molecule has 2 fully saturated rings. The van der Waals surface area contributed by atoms with Crippen LogP contribution < -0.4 is 5.32 Å². The number of rotatable bonds is 5. The monoisotopic (exact) mass is 529 g/mol. The summed E-state index contributed by atoms with van der Waals surface area (Å²) in [5.74, 6) is -0.155. The Kier molecular flexibility index (Phi) is 5.70. The van der Waals surface area contributed by atoms with Crippen LogP contribution in [0.15, 0.2) is 40.9 Å². The summed E-state index contributed by atoms with van der Waals surface area (Å²) in [4.78, 5) is 44.6. The Hall–Kier alpha value is -2.78. The van der Waals surface area contributed by atoms with Gasteiger partial charge in [-0.05, 0) is 55.5 Å². The summed E-state index contributed by atoms with van der Waals surface area (Å²) in [5.41, 5.74) is 1.02. The van der Waals surface area contributed by atoms with Crippen molar-refractivity contribution in [3.8, 4) is 0 Å². The number of likely N-dealkylation sites (tertiary alicyclic amines) is 1. The third-order valence-electron chi connectivity index (χ3n) is 6.44. The second-order valence-corrected chi connectivity index (χ2v) is 9.83. The molecular formula is C23H21BrClN5O3. The fourth-order valence-corrected chi connectivity index (χ4v) is 5.63. The second-order valence-electron chi connectivity index (χ2n) is 8.53. The zero-order valence-corrected chi connectivity index (χ0v) is 20.1. The number of ketones is 1. The number of fused-ring (bicyclic) bond motifs is 3. The van der Waals surface area contributed by atoms with Gasteiger partial charge in [-0.25, -0.2) is 4.98 Å². The summed E-state index contributed by atoms with van der Waals surface area (Å²) in [7, 11) is 0. The maximum Gasteiger partial charge on any atom is 0.248 e. The van der Waals surface area contributed by atoms with Crippen LogP contribution in [0.25, 0.3) is 10.9 Å². The van der Waals surface area contributed by atoms with E-state index in [4.69, 9.17) is 11.6 Å². The highest BCUT2D eigenvalue weighted by molar-refractivity contribution is 9.10. The molecule has 2 amide bonds. The highest BCUT2D eigenvalue weighted by Gasteiger charge is 2.51. The number of benzene rings is 1. The van der Waals surface area contributed by atoms with Gasteiger partial charge in [-0.15, -0.1) is 0 Å². The predicted molar refractivity (Wildman–Crippen MR) is 127 cm³/mol. The Bertz CT molecular complexity index is 1290. The van der Waals surface area contributed by atoms with Crippen LogP contribution in [0.3, 0.4) is 0 Å². The van der Waals surface area contributed by atoms with Gasteiger partial charge in [0.05, 0.1) is 5.52 Å². The molecule has 170 valence electrons. The van der Waals surface area contributed by atoms with Gasteiger partial charge in [-0.2, -0.15) is 5.10 Å². The van der Waals surface area contributed by atoms with Gasteiger partial charge in [-0.1, -0.05) is 33.6 Å². The minimum absolute atomic E-state index is 0.0221.